The van der Waals surface area contributed by atoms with Gasteiger partial charge in [-0.3, -0.25) is 4.90 Å². The summed E-state index contributed by atoms with van der Waals surface area (Å²) in [6.07, 6.45) is -0.287. The number of carbonyl (C=O) groups is 1. The van der Waals surface area contributed by atoms with E-state index in [0.717, 1.165) is 55.5 Å². The molecule has 4 rings (SSSR count). The predicted molar refractivity (Wildman–Crippen MR) is 135 cm³/mol. The lowest BCUT2D eigenvalue weighted by atomic mass is 10.1. The van der Waals surface area contributed by atoms with Crippen LogP contribution in [0.4, 0.5) is 16.3 Å². The van der Waals surface area contributed by atoms with Crippen LogP contribution in [0.3, 0.4) is 0 Å². The number of para-hydroxylation sites is 1. The van der Waals surface area contributed by atoms with Gasteiger partial charge in [0.2, 0.25) is 0 Å². The first kappa shape index (κ1) is 25.0. The summed E-state index contributed by atoms with van der Waals surface area (Å²) in [6, 6.07) is 10.2. The van der Waals surface area contributed by atoms with Gasteiger partial charge in [0.05, 0.1) is 17.4 Å². The zero-order valence-corrected chi connectivity index (χ0v) is 21.3. The van der Waals surface area contributed by atoms with Gasteiger partial charge in [0.25, 0.3) is 0 Å². The minimum atomic E-state index is -0.490. The molecule has 0 saturated carbocycles. The maximum absolute atomic E-state index is 12.3. The first-order chi connectivity index (χ1) is 16.7. The fraction of sp³-hybridized carbons (Fsp3) is 0.560. The maximum atomic E-state index is 12.3. The van der Waals surface area contributed by atoms with E-state index in [2.05, 4.69) is 31.4 Å². The molecule has 1 aromatic heterocycles. The average Bonchev–Trinajstić information content (AvgIpc) is 2.84. The molecule has 10 nitrogen and oxygen atoms in total. The second-order valence-corrected chi connectivity index (χ2v) is 9.94. The van der Waals surface area contributed by atoms with Crippen molar-refractivity contribution in [3.8, 4) is 17.0 Å². The Hall–Kier alpha value is -3.11. The number of nitrogens with one attached hydrogen (secondary N) is 1. The third kappa shape index (κ3) is 6.12. The van der Waals surface area contributed by atoms with Gasteiger partial charge in [0.1, 0.15) is 11.4 Å². The molecular weight excluding hydrogens is 448 g/mol. The highest BCUT2D eigenvalue weighted by molar-refractivity contribution is 5.76. The van der Waals surface area contributed by atoms with Gasteiger partial charge in [0.15, 0.2) is 12.6 Å². The lowest BCUT2D eigenvalue weighted by Crippen LogP contribution is -2.58. The van der Waals surface area contributed by atoms with Crippen LogP contribution >= 0.6 is 0 Å². The summed E-state index contributed by atoms with van der Waals surface area (Å²) in [6.45, 7) is 10.7. The Morgan fingerprint density at radius 2 is 2.03 bits per heavy atom. The number of carbonyl (C=O) groups excluding carboxylic acids is 1. The van der Waals surface area contributed by atoms with Crippen LogP contribution in [0.2, 0.25) is 0 Å². The van der Waals surface area contributed by atoms with Crippen molar-refractivity contribution in [3.63, 3.8) is 0 Å². The number of hydrogen-bond donors (Lipinski definition) is 1. The summed E-state index contributed by atoms with van der Waals surface area (Å²) >= 11 is 0. The summed E-state index contributed by atoms with van der Waals surface area (Å²) in [7, 11) is 3.39. The molecule has 1 fully saturated rings. The minimum absolute atomic E-state index is 0.171. The molecule has 0 aliphatic carbocycles. The number of rotatable bonds is 7. The van der Waals surface area contributed by atoms with E-state index in [1.54, 1.807) is 19.1 Å². The zero-order valence-electron chi connectivity index (χ0n) is 21.3. The van der Waals surface area contributed by atoms with Crippen LogP contribution < -0.4 is 15.0 Å². The fourth-order valence-corrected chi connectivity index (χ4v) is 4.34. The molecule has 0 spiro atoms. The van der Waals surface area contributed by atoms with E-state index >= 15 is 0 Å². The van der Waals surface area contributed by atoms with Gasteiger partial charge >= 0.3 is 6.09 Å². The number of aromatic nitrogens is 2. The number of amides is 1. The number of anilines is 2. The molecule has 2 aliphatic rings. The van der Waals surface area contributed by atoms with Crippen molar-refractivity contribution in [2.24, 2.45) is 0 Å². The molecule has 1 N–H and O–H groups in total. The number of hydrogen-bond acceptors (Lipinski definition) is 9. The van der Waals surface area contributed by atoms with Gasteiger partial charge in [-0.25, -0.2) is 4.79 Å². The highest BCUT2D eigenvalue weighted by atomic mass is 16.7. The van der Waals surface area contributed by atoms with E-state index in [4.69, 9.17) is 14.2 Å². The van der Waals surface area contributed by atoms with Gasteiger partial charge < -0.3 is 29.3 Å². The number of benzene rings is 1. The van der Waals surface area contributed by atoms with Gasteiger partial charge in [-0.2, -0.15) is 0 Å². The van der Waals surface area contributed by atoms with Crippen LogP contribution in [0.25, 0.3) is 11.3 Å². The Bertz CT molecular complexity index is 1030. The lowest BCUT2D eigenvalue weighted by molar-refractivity contribution is 0.0280. The number of likely N-dealkylation sites (N-methyl/N-ethyl adjacent to an activating group) is 1. The molecule has 0 radical (unpaired) electrons. The Morgan fingerprint density at radius 3 is 2.80 bits per heavy atom. The molecule has 2 aliphatic heterocycles. The molecule has 2 aromatic rings. The van der Waals surface area contributed by atoms with Crippen LogP contribution in [0, 0.1) is 0 Å². The molecule has 0 bridgehead atoms. The third-order valence-corrected chi connectivity index (χ3v) is 6.11. The van der Waals surface area contributed by atoms with Crippen LogP contribution in [0.1, 0.15) is 20.8 Å². The second kappa shape index (κ2) is 10.7. The summed E-state index contributed by atoms with van der Waals surface area (Å²) in [5, 5.41) is 12.4. The smallest absolute Gasteiger partial charge is 0.410 e. The monoisotopic (exact) mass is 484 g/mol. The Balaban J connectivity index is 1.41. The number of methoxy groups -OCH3 is 1. The third-order valence-electron chi connectivity index (χ3n) is 6.11. The van der Waals surface area contributed by atoms with Crippen molar-refractivity contribution < 1.29 is 19.0 Å². The number of piperazine rings is 1. The van der Waals surface area contributed by atoms with Gasteiger partial charge in [-0.15, -0.1) is 10.2 Å². The maximum Gasteiger partial charge on any atom is 0.410 e. The van der Waals surface area contributed by atoms with Crippen LogP contribution in [0.15, 0.2) is 30.3 Å². The number of nitrogens with zero attached hydrogens (tertiary/aromatic N) is 5. The van der Waals surface area contributed by atoms with E-state index in [1.807, 2.05) is 45.0 Å². The highest BCUT2D eigenvalue weighted by Gasteiger charge is 2.33. The molecule has 3 heterocycles. The molecule has 1 amide bonds. The standard InChI is InChI=1S/C25H36N6O4/c1-25(2,3)35-24(32)29(4)10-11-30-12-13-31-18(16-30)15-26-23-21(31)14-20(27-28-23)19-8-6-7-9-22(19)34-17-33-5/h6-9,14,18H,10-13,15-17H2,1-5H3,(H,26,28)/t18-/m0/s1. The molecule has 35 heavy (non-hydrogen) atoms. The molecule has 0 unspecified atom stereocenters. The van der Waals surface area contributed by atoms with Crippen molar-refractivity contribution in [3.05, 3.63) is 30.3 Å². The number of fused-ring (bicyclic) bond motifs is 3. The van der Waals surface area contributed by atoms with E-state index in [-0.39, 0.29) is 12.9 Å². The van der Waals surface area contributed by atoms with Gasteiger partial charge in [-0.1, -0.05) is 12.1 Å². The van der Waals surface area contributed by atoms with Gasteiger partial charge in [0, 0.05) is 59.0 Å². The van der Waals surface area contributed by atoms with E-state index in [0.29, 0.717) is 18.3 Å². The molecule has 190 valence electrons. The fourth-order valence-electron chi connectivity index (χ4n) is 4.34. The van der Waals surface area contributed by atoms with Crippen LogP contribution in [-0.4, -0.2) is 98.0 Å². The van der Waals surface area contributed by atoms with Crippen molar-refractivity contribution in [1.29, 1.82) is 0 Å². The van der Waals surface area contributed by atoms with Crippen molar-refractivity contribution in [1.82, 2.24) is 20.0 Å². The molecular formula is C25H36N6O4. The van der Waals surface area contributed by atoms with Crippen molar-refractivity contribution in [2.75, 3.05) is 70.4 Å². The van der Waals surface area contributed by atoms with E-state index in [9.17, 15) is 4.79 Å². The first-order valence-corrected chi connectivity index (χ1v) is 12.0. The Kier molecular flexibility index (Phi) is 7.61. The summed E-state index contributed by atoms with van der Waals surface area (Å²) in [5.74, 6) is 1.52. The quantitative estimate of drug-likeness (QED) is 0.596. The Labute approximate surface area is 207 Å². The normalized spacial score (nSPS) is 17.7. The number of ether oxygens (including phenoxy) is 3. The molecule has 10 heteroatoms. The topological polar surface area (TPSA) is 92.3 Å². The summed E-state index contributed by atoms with van der Waals surface area (Å²) < 4.78 is 16.3. The summed E-state index contributed by atoms with van der Waals surface area (Å²) in [4.78, 5) is 18.7. The Morgan fingerprint density at radius 1 is 1.23 bits per heavy atom. The lowest BCUT2D eigenvalue weighted by Gasteiger charge is -2.46. The van der Waals surface area contributed by atoms with Crippen LogP contribution in [-0.2, 0) is 9.47 Å². The molecule has 1 saturated heterocycles. The largest absolute Gasteiger partial charge is 0.467 e. The van der Waals surface area contributed by atoms with E-state index < -0.39 is 5.60 Å². The van der Waals surface area contributed by atoms with Crippen molar-refractivity contribution in [2.45, 2.75) is 32.4 Å². The molecule has 1 aromatic carbocycles. The summed E-state index contributed by atoms with van der Waals surface area (Å²) in [5.41, 5.74) is 2.21. The highest BCUT2D eigenvalue weighted by Crippen LogP contribution is 2.36. The second-order valence-electron chi connectivity index (χ2n) is 9.94. The molecule has 1 atom stereocenters. The van der Waals surface area contributed by atoms with Crippen LogP contribution in [0.5, 0.6) is 5.75 Å². The van der Waals surface area contributed by atoms with Crippen molar-refractivity contribution >= 4 is 17.6 Å². The van der Waals surface area contributed by atoms with E-state index in [1.165, 1.54) is 0 Å². The average molecular weight is 485 g/mol. The zero-order chi connectivity index (χ0) is 25.0. The first-order valence-electron chi connectivity index (χ1n) is 12.0. The SMILES string of the molecule is COCOc1ccccc1-c1cc2c(nn1)NC[C@H]1CN(CCN(C)C(=O)OC(C)(C)C)CCN21. The predicted octanol–water partition coefficient (Wildman–Crippen LogP) is 2.91. The minimum Gasteiger partial charge on any atom is -0.467 e. The van der Waals surface area contributed by atoms with Gasteiger partial charge in [-0.05, 0) is 39.0 Å².